The van der Waals surface area contributed by atoms with Crippen molar-refractivity contribution < 1.29 is 9.53 Å². The Morgan fingerprint density at radius 1 is 1.21 bits per heavy atom. The topological polar surface area (TPSA) is 67.4 Å². The minimum absolute atomic E-state index is 0.141. The SMILES string of the molecule is Cc1ncc(CC(=O)NC2CCC(CCN3CCc4ccc(OC(C)C)nc4CC3)CC2)s1. The summed E-state index contributed by atoms with van der Waals surface area (Å²) in [6.45, 7) is 9.42. The Hall–Kier alpha value is -1.99. The highest BCUT2D eigenvalue weighted by molar-refractivity contribution is 7.11. The number of nitrogens with one attached hydrogen (secondary N) is 1. The molecular formula is C26H38N4O2S. The summed E-state index contributed by atoms with van der Waals surface area (Å²) in [6.07, 6.45) is 10.4. The van der Waals surface area contributed by atoms with Crippen LogP contribution in [0.4, 0.5) is 0 Å². The van der Waals surface area contributed by atoms with Gasteiger partial charge < -0.3 is 15.0 Å². The molecule has 0 spiro atoms. The number of nitrogens with zero attached hydrogens (tertiary/aromatic N) is 3. The zero-order valence-electron chi connectivity index (χ0n) is 20.3. The predicted molar refractivity (Wildman–Crippen MR) is 133 cm³/mol. The standard InChI is InChI=1S/C26H38N4O2S/c1-18(2)32-26-9-6-21-11-14-30(15-12-24(21)29-26)13-10-20-4-7-22(8-5-20)28-25(31)16-23-17-27-19(3)33-23/h6,9,17-18,20,22H,4-5,7-8,10-16H2,1-3H3,(H,28,31). The number of aryl methyl sites for hydroxylation is 1. The summed E-state index contributed by atoms with van der Waals surface area (Å²) in [5, 5.41) is 4.27. The van der Waals surface area contributed by atoms with E-state index in [0.717, 1.165) is 67.0 Å². The highest BCUT2D eigenvalue weighted by Gasteiger charge is 2.24. The van der Waals surface area contributed by atoms with E-state index in [0.29, 0.717) is 12.5 Å². The van der Waals surface area contributed by atoms with Gasteiger partial charge in [0.1, 0.15) is 0 Å². The fourth-order valence-electron chi connectivity index (χ4n) is 5.02. The lowest BCUT2D eigenvalue weighted by Gasteiger charge is -2.30. The van der Waals surface area contributed by atoms with Gasteiger partial charge in [0.15, 0.2) is 0 Å². The maximum Gasteiger partial charge on any atom is 0.225 e. The third-order valence-corrected chi connectivity index (χ3v) is 7.74. The molecule has 0 unspecified atom stereocenters. The maximum atomic E-state index is 12.4. The van der Waals surface area contributed by atoms with Crippen LogP contribution in [0.5, 0.6) is 5.88 Å². The number of amides is 1. The van der Waals surface area contributed by atoms with Crippen LogP contribution in [0, 0.1) is 12.8 Å². The van der Waals surface area contributed by atoms with Crippen molar-refractivity contribution in [1.29, 1.82) is 0 Å². The average Bonchev–Trinajstić information content (AvgIpc) is 3.07. The number of hydrogen-bond donors (Lipinski definition) is 1. The normalized spacial score (nSPS) is 21.5. The van der Waals surface area contributed by atoms with E-state index in [1.165, 1.54) is 30.5 Å². The van der Waals surface area contributed by atoms with Crippen molar-refractivity contribution in [1.82, 2.24) is 20.2 Å². The van der Waals surface area contributed by atoms with Crippen LogP contribution in [0.15, 0.2) is 18.3 Å². The zero-order valence-corrected chi connectivity index (χ0v) is 21.1. The third kappa shape index (κ3) is 7.24. The molecule has 33 heavy (non-hydrogen) atoms. The summed E-state index contributed by atoms with van der Waals surface area (Å²) in [5.74, 6) is 1.67. The molecule has 0 aromatic carbocycles. The van der Waals surface area contributed by atoms with E-state index >= 15 is 0 Å². The van der Waals surface area contributed by atoms with Crippen molar-refractivity contribution in [3.63, 3.8) is 0 Å². The Labute approximate surface area is 202 Å². The van der Waals surface area contributed by atoms with Crippen LogP contribution in [-0.4, -0.2) is 52.6 Å². The van der Waals surface area contributed by atoms with E-state index in [2.05, 4.69) is 21.3 Å². The Morgan fingerprint density at radius 3 is 2.73 bits per heavy atom. The van der Waals surface area contributed by atoms with E-state index in [9.17, 15) is 4.79 Å². The van der Waals surface area contributed by atoms with Gasteiger partial charge >= 0.3 is 0 Å². The van der Waals surface area contributed by atoms with Crippen LogP contribution in [0.1, 0.15) is 67.1 Å². The second-order valence-corrected chi connectivity index (χ2v) is 11.2. The number of aromatic nitrogens is 2. The van der Waals surface area contributed by atoms with Gasteiger partial charge in [-0.05, 0) is 77.3 Å². The highest BCUT2D eigenvalue weighted by atomic mass is 32.1. The molecule has 1 aliphatic heterocycles. The van der Waals surface area contributed by atoms with Gasteiger partial charge in [0.05, 0.1) is 17.5 Å². The van der Waals surface area contributed by atoms with Crippen LogP contribution in [0.25, 0.3) is 0 Å². The van der Waals surface area contributed by atoms with Crippen LogP contribution in [0.3, 0.4) is 0 Å². The molecule has 0 radical (unpaired) electrons. The number of rotatable bonds is 8. The smallest absolute Gasteiger partial charge is 0.225 e. The quantitative estimate of drug-likeness (QED) is 0.622. The van der Waals surface area contributed by atoms with E-state index in [1.54, 1.807) is 11.3 Å². The molecule has 2 aromatic heterocycles. The monoisotopic (exact) mass is 470 g/mol. The number of carbonyl (C=O) groups is 1. The van der Waals surface area contributed by atoms with Crippen LogP contribution >= 0.6 is 11.3 Å². The van der Waals surface area contributed by atoms with E-state index in [4.69, 9.17) is 9.72 Å². The summed E-state index contributed by atoms with van der Waals surface area (Å²) in [5.41, 5.74) is 2.58. The molecule has 6 nitrogen and oxygen atoms in total. The van der Waals surface area contributed by atoms with Gasteiger partial charge in [0.2, 0.25) is 11.8 Å². The van der Waals surface area contributed by atoms with Crippen LogP contribution in [0.2, 0.25) is 0 Å². The molecule has 1 saturated carbocycles. The van der Waals surface area contributed by atoms with Gasteiger partial charge in [-0.1, -0.05) is 6.07 Å². The van der Waals surface area contributed by atoms with Crippen molar-refractivity contribution in [2.24, 2.45) is 5.92 Å². The number of thiazole rings is 1. The molecule has 1 fully saturated rings. The van der Waals surface area contributed by atoms with Gasteiger partial charge in [0, 0.05) is 48.4 Å². The maximum absolute atomic E-state index is 12.4. The lowest BCUT2D eigenvalue weighted by molar-refractivity contribution is -0.121. The highest BCUT2D eigenvalue weighted by Crippen LogP contribution is 2.28. The molecule has 1 N–H and O–H groups in total. The van der Waals surface area contributed by atoms with Crippen molar-refractivity contribution in [3.8, 4) is 5.88 Å². The van der Waals surface area contributed by atoms with Gasteiger partial charge in [0.25, 0.3) is 0 Å². The van der Waals surface area contributed by atoms with Gasteiger partial charge in [-0.2, -0.15) is 0 Å². The van der Waals surface area contributed by atoms with Crippen LogP contribution in [-0.2, 0) is 24.1 Å². The van der Waals surface area contributed by atoms with Crippen molar-refractivity contribution >= 4 is 17.2 Å². The third-order valence-electron chi connectivity index (χ3n) is 6.83. The average molecular weight is 471 g/mol. The second-order valence-electron chi connectivity index (χ2n) is 9.86. The van der Waals surface area contributed by atoms with Gasteiger partial charge in [-0.25, -0.2) is 9.97 Å². The molecule has 2 aromatic rings. The largest absolute Gasteiger partial charge is 0.475 e. The Bertz CT molecular complexity index is 921. The fraction of sp³-hybridized carbons (Fsp3) is 0.654. The summed E-state index contributed by atoms with van der Waals surface area (Å²) < 4.78 is 5.78. The Morgan fingerprint density at radius 2 is 2.00 bits per heavy atom. The first-order valence-corrected chi connectivity index (χ1v) is 13.3. The predicted octanol–water partition coefficient (Wildman–Crippen LogP) is 4.34. The number of carbonyl (C=O) groups excluding carboxylic acids is 1. The molecule has 2 aliphatic rings. The number of hydrogen-bond acceptors (Lipinski definition) is 6. The van der Waals surface area contributed by atoms with Gasteiger partial charge in [-0.15, -0.1) is 11.3 Å². The number of ether oxygens (including phenoxy) is 1. The number of fused-ring (bicyclic) bond motifs is 1. The minimum atomic E-state index is 0.141. The molecule has 1 aliphatic carbocycles. The summed E-state index contributed by atoms with van der Waals surface area (Å²) in [4.78, 5) is 25.0. The first-order valence-electron chi connectivity index (χ1n) is 12.5. The van der Waals surface area contributed by atoms with Crippen molar-refractivity contribution in [2.45, 2.75) is 84.3 Å². The summed E-state index contributed by atoms with van der Waals surface area (Å²) in [6, 6.07) is 4.56. The molecule has 7 heteroatoms. The molecule has 0 bridgehead atoms. The van der Waals surface area contributed by atoms with E-state index in [-0.39, 0.29) is 12.0 Å². The Kier molecular flexibility index (Phi) is 8.36. The zero-order chi connectivity index (χ0) is 23.2. The molecule has 180 valence electrons. The van der Waals surface area contributed by atoms with Crippen LogP contribution < -0.4 is 10.1 Å². The molecular weight excluding hydrogens is 432 g/mol. The number of pyridine rings is 1. The molecule has 0 atom stereocenters. The van der Waals surface area contributed by atoms with Crippen molar-refractivity contribution in [2.75, 3.05) is 19.6 Å². The summed E-state index contributed by atoms with van der Waals surface area (Å²) >= 11 is 1.61. The molecule has 4 rings (SSSR count). The lowest BCUT2D eigenvalue weighted by Crippen LogP contribution is -2.38. The summed E-state index contributed by atoms with van der Waals surface area (Å²) in [7, 11) is 0. The van der Waals surface area contributed by atoms with E-state index < -0.39 is 0 Å². The molecule has 1 amide bonds. The van der Waals surface area contributed by atoms with E-state index in [1.807, 2.05) is 33.0 Å². The molecule has 0 saturated heterocycles. The Balaban J connectivity index is 1.16. The molecule has 3 heterocycles. The lowest BCUT2D eigenvalue weighted by atomic mass is 9.84. The minimum Gasteiger partial charge on any atom is -0.475 e. The fourth-order valence-corrected chi connectivity index (χ4v) is 5.82. The first kappa shape index (κ1) is 24.1. The second kappa shape index (κ2) is 11.4. The first-order chi connectivity index (χ1) is 15.9. The van der Waals surface area contributed by atoms with Crippen molar-refractivity contribution in [3.05, 3.63) is 39.5 Å². The van der Waals surface area contributed by atoms with Gasteiger partial charge in [-0.3, -0.25) is 4.79 Å².